The third kappa shape index (κ3) is 3.00. The molecule has 0 unspecified atom stereocenters. The number of carbonyl (C=O) groups excluding carboxylic acids is 1. The first kappa shape index (κ1) is 11.7. The molecule has 0 aromatic rings. The molecular formula is C3H6N6O5. The van der Waals surface area contributed by atoms with E-state index >= 15 is 0 Å². The number of hydrogen-bond acceptors (Lipinski definition) is 7. The molecule has 0 saturated heterocycles. The first-order chi connectivity index (χ1) is 6.40. The van der Waals surface area contributed by atoms with E-state index in [-0.39, 0.29) is 11.2 Å². The normalized spacial score (nSPS) is 8.71. The molecule has 0 aliphatic rings. The number of carbonyl (C=O) groups is 1. The van der Waals surface area contributed by atoms with Crippen LogP contribution < -0.4 is 17.1 Å². The van der Waals surface area contributed by atoms with E-state index in [1.807, 2.05) is 0 Å². The van der Waals surface area contributed by atoms with Gasteiger partial charge in [-0.25, -0.2) is 21.5 Å². The predicted molar refractivity (Wildman–Crippen MR) is 40.8 cm³/mol. The van der Waals surface area contributed by atoms with E-state index in [4.69, 9.17) is 5.84 Å². The molecule has 0 bridgehead atoms. The Labute approximate surface area is 76.2 Å². The van der Waals surface area contributed by atoms with Gasteiger partial charge in [0.15, 0.2) is 6.20 Å². The fourth-order valence-electron chi connectivity index (χ4n) is 0.419. The van der Waals surface area contributed by atoms with E-state index < -0.39 is 21.7 Å². The van der Waals surface area contributed by atoms with Gasteiger partial charge in [0.1, 0.15) is 9.85 Å². The largest absolute Gasteiger partial charge is 0.576 e. The van der Waals surface area contributed by atoms with Crippen LogP contribution in [0.15, 0.2) is 12.0 Å². The van der Waals surface area contributed by atoms with Crippen molar-refractivity contribution < 1.29 is 14.6 Å². The van der Waals surface area contributed by atoms with E-state index in [0.717, 1.165) is 0 Å². The number of hydrogen-bond donors (Lipinski definition) is 3. The molecule has 0 fully saturated rings. The van der Waals surface area contributed by atoms with Gasteiger partial charge in [0.05, 0.1) is 0 Å². The van der Waals surface area contributed by atoms with E-state index in [2.05, 4.69) is 5.84 Å². The monoisotopic (exact) mass is 206 g/mol. The second-order valence-corrected chi connectivity index (χ2v) is 1.86. The highest BCUT2D eigenvalue weighted by Crippen LogP contribution is 1.97. The summed E-state index contributed by atoms with van der Waals surface area (Å²) in [6.45, 7) is 0. The quantitative estimate of drug-likeness (QED) is 0.209. The SMILES string of the molecule is NNC(=O)N(N)C=C([N+](=O)[O-])[N+](=O)[O-]. The first-order valence-electron chi connectivity index (χ1n) is 2.95. The van der Waals surface area contributed by atoms with Crippen molar-refractivity contribution in [3.05, 3.63) is 32.2 Å². The van der Waals surface area contributed by atoms with Crippen LogP contribution >= 0.6 is 0 Å². The molecular weight excluding hydrogens is 200 g/mol. The molecule has 2 amide bonds. The van der Waals surface area contributed by atoms with Crippen LogP contribution in [0.5, 0.6) is 0 Å². The summed E-state index contributed by atoms with van der Waals surface area (Å²) in [5.74, 6) is 8.02. The van der Waals surface area contributed by atoms with Crippen molar-refractivity contribution in [3.8, 4) is 0 Å². The van der Waals surface area contributed by atoms with Gasteiger partial charge in [0.2, 0.25) is 0 Å². The van der Waals surface area contributed by atoms with Gasteiger partial charge in [0.25, 0.3) is 0 Å². The van der Waals surface area contributed by atoms with E-state index in [1.54, 1.807) is 0 Å². The summed E-state index contributed by atoms with van der Waals surface area (Å²) in [4.78, 5) is 28.0. The molecule has 0 spiro atoms. The summed E-state index contributed by atoms with van der Waals surface area (Å²) in [5.41, 5.74) is 1.52. The van der Waals surface area contributed by atoms with Gasteiger partial charge in [-0.1, -0.05) is 0 Å². The third-order valence-electron chi connectivity index (χ3n) is 0.987. The number of hydrazine groups is 2. The highest BCUT2D eigenvalue weighted by Gasteiger charge is 2.27. The lowest BCUT2D eigenvalue weighted by Crippen LogP contribution is -2.44. The molecule has 0 atom stereocenters. The summed E-state index contributed by atoms with van der Waals surface area (Å²) >= 11 is 0. The second-order valence-electron chi connectivity index (χ2n) is 1.86. The Morgan fingerprint density at radius 3 is 2.07 bits per heavy atom. The molecule has 0 aliphatic heterocycles. The van der Waals surface area contributed by atoms with Crippen LogP contribution in [0, 0.1) is 20.2 Å². The minimum Gasteiger partial charge on any atom is -0.274 e. The molecule has 78 valence electrons. The van der Waals surface area contributed by atoms with Gasteiger partial charge < -0.3 is 0 Å². The molecule has 0 radical (unpaired) electrons. The van der Waals surface area contributed by atoms with Crippen molar-refractivity contribution in [2.24, 2.45) is 11.7 Å². The van der Waals surface area contributed by atoms with Gasteiger partial charge in [-0.3, -0.25) is 25.7 Å². The van der Waals surface area contributed by atoms with Crippen molar-refractivity contribution in [2.45, 2.75) is 0 Å². The Kier molecular flexibility index (Phi) is 3.92. The maximum Gasteiger partial charge on any atom is 0.576 e. The summed E-state index contributed by atoms with van der Waals surface area (Å²) in [5, 5.41) is 20.2. The molecule has 0 rings (SSSR count). The van der Waals surface area contributed by atoms with Crippen LogP contribution in [-0.2, 0) is 0 Å². The number of nitro groups is 2. The van der Waals surface area contributed by atoms with Crippen LogP contribution in [-0.4, -0.2) is 20.9 Å². The Balaban J connectivity index is 4.83. The number of nitrogens with zero attached hydrogens (tertiary/aromatic N) is 3. The van der Waals surface area contributed by atoms with Gasteiger partial charge in [-0.2, -0.15) is 0 Å². The van der Waals surface area contributed by atoms with Crippen molar-refractivity contribution in [1.82, 2.24) is 10.4 Å². The Hall–Kier alpha value is -2.27. The minimum absolute atomic E-state index is 0.0843. The highest BCUT2D eigenvalue weighted by molar-refractivity contribution is 5.73. The van der Waals surface area contributed by atoms with Crippen molar-refractivity contribution in [3.63, 3.8) is 0 Å². The zero-order valence-electron chi connectivity index (χ0n) is 6.61. The van der Waals surface area contributed by atoms with Crippen molar-refractivity contribution in [1.29, 1.82) is 0 Å². The van der Waals surface area contributed by atoms with E-state index in [1.165, 1.54) is 5.43 Å². The third-order valence-corrected chi connectivity index (χ3v) is 0.987. The summed E-state index contributed by atoms with van der Waals surface area (Å²) in [6.07, 6.45) is 0.224. The molecule has 11 heteroatoms. The summed E-state index contributed by atoms with van der Waals surface area (Å²) in [7, 11) is 0. The van der Waals surface area contributed by atoms with Gasteiger partial charge >= 0.3 is 11.9 Å². The smallest absolute Gasteiger partial charge is 0.274 e. The molecule has 5 N–H and O–H groups in total. The Morgan fingerprint density at radius 2 is 1.79 bits per heavy atom. The van der Waals surface area contributed by atoms with Gasteiger partial charge in [-0.15, -0.1) is 0 Å². The molecule has 0 aromatic heterocycles. The molecule has 0 aliphatic carbocycles. The standard InChI is InChI=1S/C3H6N6O5/c4-6-3(10)7(5)1-2(8(11)12)9(13)14/h1H,4-5H2,(H,6,10). The molecule has 0 heterocycles. The lowest BCUT2D eigenvalue weighted by Gasteiger charge is -2.06. The maximum absolute atomic E-state index is 10.6. The summed E-state index contributed by atoms with van der Waals surface area (Å²) in [6, 6.07) is -1.13. The van der Waals surface area contributed by atoms with Crippen molar-refractivity contribution >= 4 is 6.03 Å². The van der Waals surface area contributed by atoms with Crippen LogP contribution in [0.1, 0.15) is 0 Å². The zero-order valence-corrected chi connectivity index (χ0v) is 6.61. The molecule has 0 aromatic carbocycles. The number of nitrogens with one attached hydrogen (secondary N) is 1. The predicted octanol–water partition coefficient (Wildman–Crippen LogP) is -1.90. The number of urea groups is 1. The topological polar surface area (TPSA) is 171 Å². The summed E-state index contributed by atoms with van der Waals surface area (Å²) < 4.78 is 0. The first-order valence-corrected chi connectivity index (χ1v) is 2.95. The number of amides is 2. The average Bonchev–Trinajstić information content (AvgIpc) is 2.11. The van der Waals surface area contributed by atoms with Crippen LogP contribution in [0.25, 0.3) is 0 Å². The Bertz CT molecular complexity index is 282. The van der Waals surface area contributed by atoms with Crippen molar-refractivity contribution in [2.75, 3.05) is 0 Å². The minimum atomic E-state index is -1.45. The van der Waals surface area contributed by atoms with E-state index in [9.17, 15) is 25.0 Å². The lowest BCUT2D eigenvalue weighted by molar-refractivity contribution is -0.616. The Morgan fingerprint density at radius 1 is 1.36 bits per heavy atom. The van der Waals surface area contributed by atoms with Crippen LogP contribution in [0.4, 0.5) is 4.79 Å². The van der Waals surface area contributed by atoms with Crippen LogP contribution in [0.3, 0.4) is 0 Å². The maximum atomic E-state index is 10.6. The average molecular weight is 206 g/mol. The lowest BCUT2D eigenvalue weighted by atomic mass is 10.7. The number of nitrogens with two attached hydrogens (primary N) is 2. The van der Waals surface area contributed by atoms with Gasteiger partial charge in [-0.05, 0) is 0 Å². The molecule has 14 heavy (non-hydrogen) atoms. The molecule has 0 saturated carbocycles. The molecule has 11 nitrogen and oxygen atoms in total. The second kappa shape index (κ2) is 4.68. The fourth-order valence-corrected chi connectivity index (χ4v) is 0.419. The zero-order chi connectivity index (χ0) is 11.3. The van der Waals surface area contributed by atoms with Crippen LogP contribution in [0.2, 0.25) is 0 Å². The fraction of sp³-hybridized carbons (Fsp3) is 0. The highest BCUT2D eigenvalue weighted by atomic mass is 16.7. The number of rotatable bonds is 3. The van der Waals surface area contributed by atoms with Gasteiger partial charge in [0, 0.05) is 0 Å². The van der Waals surface area contributed by atoms with E-state index in [0.29, 0.717) is 0 Å².